The summed E-state index contributed by atoms with van der Waals surface area (Å²) < 4.78 is 5.62. The van der Waals surface area contributed by atoms with Gasteiger partial charge in [-0.15, -0.1) is 10.2 Å². The predicted molar refractivity (Wildman–Crippen MR) is 62.8 cm³/mol. The topological polar surface area (TPSA) is 68.1 Å². The quantitative estimate of drug-likeness (QED) is 0.820. The molecular weight excluding hydrogens is 232 g/mol. The zero-order chi connectivity index (χ0) is 12.5. The molecule has 2 amide bonds. The van der Waals surface area contributed by atoms with Gasteiger partial charge in [-0.05, 0) is 37.0 Å². The van der Waals surface area contributed by atoms with Crippen LogP contribution >= 0.6 is 0 Å². The Morgan fingerprint density at radius 3 is 2.50 bits per heavy atom. The number of carbonyl (C=O) groups is 2. The molecule has 1 saturated carbocycles. The van der Waals surface area contributed by atoms with Gasteiger partial charge in [-0.25, -0.2) is 0 Å². The Morgan fingerprint density at radius 2 is 1.83 bits per heavy atom. The Morgan fingerprint density at radius 1 is 1.11 bits per heavy atom. The fraction of sp³-hybridized carbons (Fsp3) is 0.385. The van der Waals surface area contributed by atoms with Crippen LogP contribution in [0.15, 0.2) is 28.4 Å². The Hall–Kier alpha value is -2.04. The highest BCUT2D eigenvalue weighted by molar-refractivity contribution is 6.11. The van der Waals surface area contributed by atoms with Crippen LogP contribution in [0.25, 0.3) is 0 Å². The second-order valence-corrected chi connectivity index (χ2v) is 4.63. The van der Waals surface area contributed by atoms with Crippen LogP contribution in [0.5, 0.6) is 5.75 Å². The molecule has 3 rings (SSSR count). The van der Waals surface area contributed by atoms with E-state index in [1.807, 2.05) is 0 Å². The number of fused-ring (bicyclic) bond motifs is 1. The molecule has 0 saturated heterocycles. The van der Waals surface area contributed by atoms with E-state index in [-0.39, 0.29) is 5.56 Å². The maximum Gasteiger partial charge on any atom is 0.296 e. The standard InChI is InChI=1S/C13H12N2O3/c16-12-10-5-4-9(18-7-8-2-1-3-8)6-11(10)13(17)15-14-12/h4-6,8H,1-3,7H2. The molecule has 0 aromatic heterocycles. The highest BCUT2D eigenvalue weighted by Crippen LogP contribution is 2.28. The first-order valence-electron chi connectivity index (χ1n) is 6.01. The maximum atomic E-state index is 11.5. The minimum absolute atomic E-state index is 0.279. The molecule has 0 radical (unpaired) electrons. The van der Waals surface area contributed by atoms with E-state index in [1.54, 1.807) is 18.2 Å². The number of amides is 2. The number of hydrogen-bond acceptors (Lipinski definition) is 3. The van der Waals surface area contributed by atoms with E-state index in [4.69, 9.17) is 4.74 Å². The van der Waals surface area contributed by atoms with Crippen LogP contribution in [0, 0.1) is 5.92 Å². The first kappa shape index (κ1) is 11.1. The molecule has 1 fully saturated rings. The summed E-state index contributed by atoms with van der Waals surface area (Å²) in [5.41, 5.74) is 0.576. The molecule has 1 aliphatic heterocycles. The van der Waals surface area contributed by atoms with Crippen molar-refractivity contribution in [3.63, 3.8) is 0 Å². The average Bonchev–Trinajstić information content (AvgIpc) is 2.32. The Bertz CT molecular complexity index is 547. The summed E-state index contributed by atoms with van der Waals surface area (Å²) in [5.74, 6) is 0.269. The number of hydrogen-bond donors (Lipinski definition) is 0. The lowest BCUT2D eigenvalue weighted by Crippen LogP contribution is -2.19. The molecule has 0 spiro atoms. The highest BCUT2D eigenvalue weighted by atomic mass is 16.5. The lowest BCUT2D eigenvalue weighted by Gasteiger charge is -2.25. The van der Waals surface area contributed by atoms with Crippen molar-refractivity contribution in [3.05, 3.63) is 29.3 Å². The molecule has 5 heteroatoms. The third-order valence-corrected chi connectivity index (χ3v) is 3.39. The summed E-state index contributed by atoms with van der Waals surface area (Å²) in [4.78, 5) is 22.9. The smallest absolute Gasteiger partial charge is 0.296 e. The second kappa shape index (κ2) is 4.33. The van der Waals surface area contributed by atoms with Crippen molar-refractivity contribution in [2.24, 2.45) is 16.1 Å². The first-order chi connectivity index (χ1) is 8.74. The van der Waals surface area contributed by atoms with Gasteiger partial charge in [0.15, 0.2) is 0 Å². The summed E-state index contributed by atoms with van der Waals surface area (Å²) in [7, 11) is 0. The van der Waals surface area contributed by atoms with Crippen LogP contribution in [-0.2, 0) is 0 Å². The number of rotatable bonds is 3. The van der Waals surface area contributed by atoms with Crippen LogP contribution in [0.4, 0.5) is 0 Å². The Balaban J connectivity index is 1.79. The minimum Gasteiger partial charge on any atom is -0.493 e. The van der Waals surface area contributed by atoms with Gasteiger partial charge in [0.1, 0.15) is 5.75 Å². The van der Waals surface area contributed by atoms with Gasteiger partial charge in [0, 0.05) is 0 Å². The van der Waals surface area contributed by atoms with Gasteiger partial charge in [-0.3, -0.25) is 9.59 Å². The summed E-state index contributed by atoms with van der Waals surface area (Å²) >= 11 is 0. The second-order valence-electron chi connectivity index (χ2n) is 4.63. The van der Waals surface area contributed by atoms with Crippen molar-refractivity contribution >= 4 is 11.8 Å². The predicted octanol–water partition coefficient (Wildman–Crippen LogP) is 2.61. The lowest BCUT2D eigenvalue weighted by atomic mass is 9.86. The number of nitrogens with zero attached hydrogens (tertiary/aromatic N) is 2. The molecule has 0 N–H and O–H groups in total. The van der Waals surface area contributed by atoms with Crippen LogP contribution < -0.4 is 4.74 Å². The molecule has 0 unspecified atom stereocenters. The van der Waals surface area contributed by atoms with E-state index >= 15 is 0 Å². The number of carbonyl (C=O) groups excluding carboxylic acids is 2. The normalized spacial score (nSPS) is 18.4. The molecule has 5 nitrogen and oxygen atoms in total. The van der Waals surface area contributed by atoms with Crippen molar-refractivity contribution in [2.45, 2.75) is 19.3 Å². The van der Waals surface area contributed by atoms with Crippen LogP contribution in [-0.4, -0.2) is 18.4 Å². The maximum absolute atomic E-state index is 11.5. The molecule has 0 atom stereocenters. The monoisotopic (exact) mass is 244 g/mol. The first-order valence-corrected chi connectivity index (χ1v) is 6.01. The average molecular weight is 244 g/mol. The van der Waals surface area contributed by atoms with Crippen molar-refractivity contribution in [1.29, 1.82) is 0 Å². The van der Waals surface area contributed by atoms with E-state index in [1.165, 1.54) is 19.3 Å². The summed E-state index contributed by atoms with van der Waals surface area (Å²) in [6.45, 7) is 0.669. The highest BCUT2D eigenvalue weighted by Gasteiger charge is 2.23. The van der Waals surface area contributed by atoms with Crippen molar-refractivity contribution in [1.82, 2.24) is 0 Å². The van der Waals surface area contributed by atoms with Gasteiger partial charge in [-0.2, -0.15) is 0 Å². The SMILES string of the molecule is O=C1N=NC(=O)c2cc(OCC3CCC3)ccc21. The van der Waals surface area contributed by atoms with E-state index < -0.39 is 11.8 Å². The summed E-state index contributed by atoms with van der Waals surface area (Å²) in [5, 5.41) is 6.57. The van der Waals surface area contributed by atoms with Gasteiger partial charge in [0.05, 0.1) is 17.7 Å². The molecule has 2 aliphatic rings. The zero-order valence-corrected chi connectivity index (χ0v) is 9.76. The van der Waals surface area contributed by atoms with Gasteiger partial charge in [0.25, 0.3) is 11.8 Å². The molecular formula is C13H12N2O3. The summed E-state index contributed by atoms with van der Waals surface area (Å²) in [6.07, 6.45) is 3.68. The van der Waals surface area contributed by atoms with E-state index in [0.29, 0.717) is 23.8 Å². The number of azo groups is 1. The van der Waals surface area contributed by atoms with Crippen molar-refractivity contribution < 1.29 is 14.3 Å². The van der Waals surface area contributed by atoms with Crippen molar-refractivity contribution in [2.75, 3.05) is 6.61 Å². The Kier molecular flexibility index (Phi) is 2.66. The van der Waals surface area contributed by atoms with Gasteiger partial charge >= 0.3 is 0 Å². The number of ether oxygens (including phenoxy) is 1. The lowest BCUT2D eigenvalue weighted by molar-refractivity contribution is 0.0920. The minimum atomic E-state index is -0.487. The third-order valence-electron chi connectivity index (χ3n) is 3.39. The fourth-order valence-corrected chi connectivity index (χ4v) is 2.05. The largest absolute Gasteiger partial charge is 0.493 e. The molecule has 1 aliphatic carbocycles. The molecule has 1 aromatic rings. The fourth-order valence-electron chi connectivity index (χ4n) is 2.05. The van der Waals surface area contributed by atoms with Gasteiger partial charge in [0.2, 0.25) is 0 Å². The van der Waals surface area contributed by atoms with E-state index in [0.717, 1.165) is 0 Å². The van der Waals surface area contributed by atoms with Gasteiger partial charge < -0.3 is 4.74 Å². The third kappa shape index (κ3) is 1.92. The van der Waals surface area contributed by atoms with Crippen LogP contribution in [0.2, 0.25) is 0 Å². The molecule has 1 aromatic carbocycles. The molecule has 1 heterocycles. The molecule has 0 bridgehead atoms. The zero-order valence-electron chi connectivity index (χ0n) is 9.76. The van der Waals surface area contributed by atoms with E-state index in [9.17, 15) is 9.59 Å². The van der Waals surface area contributed by atoms with E-state index in [2.05, 4.69) is 10.2 Å². The molecule has 92 valence electrons. The van der Waals surface area contributed by atoms with Crippen LogP contribution in [0.3, 0.4) is 0 Å². The summed E-state index contributed by atoms with van der Waals surface area (Å²) in [6, 6.07) is 4.85. The van der Waals surface area contributed by atoms with Crippen LogP contribution in [0.1, 0.15) is 40.0 Å². The van der Waals surface area contributed by atoms with Crippen molar-refractivity contribution in [3.8, 4) is 5.75 Å². The van der Waals surface area contributed by atoms with Gasteiger partial charge in [-0.1, -0.05) is 6.42 Å². The molecule has 18 heavy (non-hydrogen) atoms. The Labute approximate surface area is 104 Å². The number of benzene rings is 1.